The quantitative estimate of drug-likeness (QED) is 0.667. The van der Waals surface area contributed by atoms with Gasteiger partial charge >= 0.3 is 0 Å². The third kappa shape index (κ3) is 5.56. The highest BCUT2D eigenvalue weighted by Crippen LogP contribution is 2.23. The maximum absolute atomic E-state index is 5.93. The highest BCUT2D eigenvalue weighted by molar-refractivity contribution is 6.30. The molecule has 0 bridgehead atoms. The molecule has 2 heteroatoms. The van der Waals surface area contributed by atoms with E-state index in [1.807, 2.05) is 12.1 Å². The van der Waals surface area contributed by atoms with Crippen LogP contribution in [0.1, 0.15) is 51.0 Å². The molecule has 0 saturated carbocycles. The molecular formula is C15H24ClN. The number of likely N-dealkylation sites (N-methyl/N-ethyl adjacent to an activating group) is 1. The van der Waals surface area contributed by atoms with Crippen LogP contribution < -0.4 is 5.32 Å². The van der Waals surface area contributed by atoms with Gasteiger partial charge in [0.1, 0.15) is 0 Å². The Morgan fingerprint density at radius 2 is 1.82 bits per heavy atom. The van der Waals surface area contributed by atoms with E-state index < -0.39 is 0 Å². The molecule has 1 aromatic carbocycles. The summed E-state index contributed by atoms with van der Waals surface area (Å²) in [4.78, 5) is 0. The van der Waals surface area contributed by atoms with Crippen molar-refractivity contribution in [2.24, 2.45) is 0 Å². The Bertz CT molecular complexity index is 294. The lowest BCUT2D eigenvalue weighted by atomic mass is 9.93. The fraction of sp³-hybridized carbons (Fsp3) is 0.600. The first-order valence-electron chi connectivity index (χ1n) is 6.74. The van der Waals surface area contributed by atoms with Crippen molar-refractivity contribution < 1.29 is 0 Å². The Labute approximate surface area is 111 Å². The maximum atomic E-state index is 5.93. The number of unbranched alkanes of at least 4 members (excludes halogenated alkanes) is 2. The van der Waals surface area contributed by atoms with Crippen LogP contribution in [0.3, 0.4) is 0 Å². The predicted molar refractivity (Wildman–Crippen MR) is 76.9 cm³/mol. The molecule has 96 valence electrons. The fourth-order valence-electron chi connectivity index (χ4n) is 2.08. The normalized spacial score (nSPS) is 12.6. The zero-order valence-electron chi connectivity index (χ0n) is 11.0. The van der Waals surface area contributed by atoms with Gasteiger partial charge in [0.15, 0.2) is 0 Å². The summed E-state index contributed by atoms with van der Waals surface area (Å²) in [7, 11) is 0. The number of nitrogens with one attached hydrogen (secondary N) is 1. The van der Waals surface area contributed by atoms with Gasteiger partial charge in [-0.3, -0.25) is 0 Å². The SMILES string of the molecule is CCCCCC(CNCC)c1ccc(Cl)cc1. The summed E-state index contributed by atoms with van der Waals surface area (Å²) in [6, 6.07) is 8.32. The molecule has 0 fully saturated rings. The number of halogens is 1. The molecule has 17 heavy (non-hydrogen) atoms. The third-order valence-electron chi connectivity index (χ3n) is 3.14. The second-order valence-electron chi connectivity index (χ2n) is 4.55. The first-order valence-corrected chi connectivity index (χ1v) is 7.11. The molecular weight excluding hydrogens is 230 g/mol. The summed E-state index contributed by atoms with van der Waals surface area (Å²) < 4.78 is 0. The van der Waals surface area contributed by atoms with E-state index in [1.54, 1.807) is 0 Å². The summed E-state index contributed by atoms with van der Waals surface area (Å²) in [5.41, 5.74) is 1.41. The highest BCUT2D eigenvalue weighted by Gasteiger charge is 2.10. The van der Waals surface area contributed by atoms with Crippen molar-refractivity contribution in [2.45, 2.75) is 45.4 Å². The predicted octanol–water partition coefficient (Wildman–Crippen LogP) is 4.61. The monoisotopic (exact) mass is 253 g/mol. The number of hydrogen-bond acceptors (Lipinski definition) is 1. The fourth-order valence-corrected chi connectivity index (χ4v) is 2.21. The topological polar surface area (TPSA) is 12.0 Å². The molecule has 0 aliphatic heterocycles. The average molecular weight is 254 g/mol. The molecule has 1 rings (SSSR count). The second-order valence-corrected chi connectivity index (χ2v) is 4.99. The molecule has 1 atom stereocenters. The van der Waals surface area contributed by atoms with E-state index in [-0.39, 0.29) is 0 Å². The molecule has 1 N–H and O–H groups in total. The van der Waals surface area contributed by atoms with Crippen LogP contribution in [0.15, 0.2) is 24.3 Å². The van der Waals surface area contributed by atoms with Gasteiger partial charge in [0.25, 0.3) is 0 Å². The zero-order valence-corrected chi connectivity index (χ0v) is 11.8. The second kappa shape index (κ2) is 8.54. The minimum Gasteiger partial charge on any atom is -0.316 e. The van der Waals surface area contributed by atoms with E-state index in [0.29, 0.717) is 5.92 Å². The van der Waals surface area contributed by atoms with Gasteiger partial charge in [-0.25, -0.2) is 0 Å². The van der Waals surface area contributed by atoms with Crippen LogP contribution in [-0.4, -0.2) is 13.1 Å². The van der Waals surface area contributed by atoms with Crippen molar-refractivity contribution in [3.05, 3.63) is 34.9 Å². The van der Waals surface area contributed by atoms with Crippen molar-refractivity contribution in [1.29, 1.82) is 0 Å². The van der Waals surface area contributed by atoms with E-state index >= 15 is 0 Å². The van der Waals surface area contributed by atoms with Crippen LogP contribution in [0, 0.1) is 0 Å². The van der Waals surface area contributed by atoms with E-state index in [2.05, 4.69) is 31.3 Å². The van der Waals surface area contributed by atoms with Gasteiger partial charge in [0.05, 0.1) is 0 Å². The smallest absolute Gasteiger partial charge is 0.0406 e. The van der Waals surface area contributed by atoms with Crippen LogP contribution in [0.4, 0.5) is 0 Å². The maximum Gasteiger partial charge on any atom is 0.0406 e. The Kier molecular flexibility index (Phi) is 7.30. The van der Waals surface area contributed by atoms with E-state index in [1.165, 1.54) is 31.2 Å². The van der Waals surface area contributed by atoms with Gasteiger partial charge in [-0.05, 0) is 36.6 Å². The highest BCUT2D eigenvalue weighted by atomic mass is 35.5. The molecule has 1 nitrogen and oxygen atoms in total. The minimum absolute atomic E-state index is 0.624. The van der Waals surface area contributed by atoms with Gasteiger partial charge in [-0.15, -0.1) is 0 Å². The van der Waals surface area contributed by atoms with E-state index in [4.69, 9.17) is 11.6 Å². The molecule has 0 heterocycles. The van der Waals surface area contributed by atoms with Gasteiger partial charge < -0.3 is 5.32 Å². The van der Waals surface area contributed by atoms with Crippen molar-refractivity contribution in [2.75, 3.05) is 13.1 Å². The summed E-state index contributed by atoms with van der Waals surface area (Å²) in [5.74, 6) is 0.624. The first kappa shape index (κ1) is 14.5. The number of benzene rings is 1. The molecule has 0 saturated heterocycles. The lowest BCUT2D eigenvalue weighted by Gasteiger charge is -2.17. The van der Waals surface area contributed by atoms with E-state index in [9.17, 15) is 0 Å². The summed E-state index contributed by atoms with van der Waals surface area (Å²) in [6.45, 7) is 6.52. The van der Waals surface area contributed by atoms with Gasteiger partial charge in [-0.1, -0.05) is 56.8 Å². The van der Waals surface area contributed by atoms with Gasteiger partial charge in [-0.2, -0.15) is 0 Å². The Hall–Kier alpha value is -0.530. The molecule has 0 amide bonds. The summed E-state index contributed by atoms with van der Waals surface area (Å²) in [6.07, 6.45) is 5.20. The molecule has 1 aromatic rings. The molecule has 0 spiro atoms. The largest absolute Gasteiger partial charge is 0.316 e. The molecule has 0 aliphatic rings. The van der Waals surface area contributed by atoms with Crippen LogP contribution >= 0.6 is 11.6 Å². The van der Waals surface area contributed by atoms with Crippen LogP contribution in [0.2, 0.25) is 5.02 Å². The number of rotatable bonds is 8. The summed E-state index contributed by atoms with van der Waals surface area (Å²) in [5, 5.41) is 4.28. The molecule has 0 aromatic heterocycles. The Morgan fingerprint density at radius 3 is 2.41 bits per heavy atom. The molecule has 1 unspecified atom stereocenters. The molecule has 0 aliphatic carbocycles. The third-order valence-corrected chi connectivity index (χ3v) is 3.39. The zero-order chi connectivity index (χ0) is 12.5. The lowest BCUT2D eigenvalue weighted by molar-refractivity contribution is 0.528. The first-order chi connectivity index (χ1) is 8.27. The summed E-state index contributed by atoms with van der Waals surface area (Å²) >= 11 is 5.93. The van der Waals surface area contributed by atoms with Crippen molar-refractivity contribution >= 4 is 11.6 Å². The number of hydrogen-bond donors (Lipinski definition) is 1. The van der Waals surface area contributed by atoms with Crippen molar-refractivity contribution in [3.63, 3.8) is 0 Å². The van der Waals surface area contributed by atoms with Crippen LogP contribution in [0.25, 0.3) is 0 Å². The van der Waals surface area contributed by atoms with Crippen LogP contribution in [0.5, 0.6) is 0 Å². The minimum atomic E-state index is 0.624. The Balaban J connectivity index is 2.57. The van der Waals surface area contributed by atoms with Gasteiger partial charge in [0.2, 0.25) is 0 Å². The Morgan fingerprint density at radius 1 is 1.12 bits per heavy atom. The van der Waals surface area contributed by atoms with Crippen molar-refractivity contribution in [3.8, 4) is 0 Å². The standard InChI is InChI=1S/C15H24ClN/c1-3-5-6-7-14(12-17-4-2)13-8-10-15(16)11-9-13/h8-11,14,17H,3-7,12H2,1-2H3. The van der Waals surface area contributed by atoms with Crippen molar-refractivity contribution in [1.82, 2.24) is 5.32 Å². The lowest BCUT2D eigenvalue weighted by Crippen LogP contribution is -2.21. The van der Waals surface area contributed by atoms with Crippen LogP contribution in [-0.2, 0) is 0 Å². The average Bonchev–Trinajstić information content (AvgIpc) is 2.35. The van der Waals surface area contributed by atoms with E-state index in [0.717, 1.165) is 18.1 Å². The van der Waals surface area contributed by atoms with Gasteiger partial charge in [0, 0.05) is 11.6 Å². The molecule has 0 radical (unpaired) electrons.